The van der Waals surface area contributed by atoms with E-state index >= 15 is 0 Å². The molecule has 0 amide bonds. The van der Waals surface area contributed by atoms with E-state index in [1.807, 2.05) is 10.6 Å². The Morgan fingerprint density at radius 1 is 0.923 bits per heavy atom. The molecule has 0 saturated heterocycles. The summed E-state index contributed by atoms with van der Waals surface area (Å²) in [4.78, 5) is 8.24. The van der Waals surface area contributed by atoms with Gasteiger partial charge in [-0.1, -0.05) is 12.1 Å². The Morgan fingerprint density at radius 2 is 1.73 bits per heavy atom. The Bertz CT molecular complexity index is 1040. The minimum absolute atomic E-state index is 0.0700. The minimum atomic E-state index is -0.0700. The molecule has 3 N–H and O–H groups in total. The second-order valence-electron chi connectivity index (χ2n) is 5.82. The van der Waals surface area contributed by atoms with Gasteiger partial charge in [-0.3, -0.25) is 9.55 Å². The highest BCUT2D eigenvalue weighted by Crippen LogP contribution is 2.34. The second-order valence-corrected chi connectivity index (χ2v) is 5.82. The Hall–Kier alpha value is -3.74. The van der Waals surface area contributed by atoms with Crippen molar-refractivity contribution in [1.82, 2.24) is 19.1 Å². The van der Waals surface area contributed by atoms with Gasteiger partial charge in [-0.2, -0.15) is 0 Å². The van der Waals surface area contributed by atoms with Gasteiger partial charge in [0.15, 0.2) is 11.8 Å². The normalized spacial score (nSPS) is 10.9. The van der Waals surface area contributed by atoms with Gasteiger partial charge >= 0.3 is 0 Å². The Balaban J connectivity index is 1.76. The van der Waals surface area contributed by atoms with E-state index in [1.165, 1.54) is 16.7 Å². The Kier molecular flexibility index (Phi) is 3.81. The Morgan fingerprint density at radius 3 is 2.46 bits per heavy atom. The molecule has 0 aliphatic carbocycles. The summed E-state index contributed by atoms with van der Waals surface area (Å²) in [7, 11) is 0. The lowest BCUT2D eigenvalue weighted by Gasteiger charge is -2.12. The molecule has 3 aromatic heterocycles. The van der Waals surface area contributed by atoms with E-state index < -0.39 is 0 Å². The largest absolute Gasteiger partial charge is 0.505 e. The zero-order valence-electron chi connectivity index (χ0n) is 13.7. The average molecular weight is 348 g/mol. The quantitative estimate of drug-likeness (QED) is 0.527. The van der Waals surface area contributed by atoms with Crippen LogP contribution in [0.3, 0.4) is 0 Å². The molecule has 130 valence electrons. The van der Waals surface area contributed by atoms with Gasteiger partial charge in [-0.15, -0.1) is 0 Å². The number of hydrogen-bond donors (Lipinski definition) is 3. The van der Waals surface area contributed by atoms with E-state index in [1.54, 1.807) is 49.2 Å². The first kappa shape index (κ1) is 15.8. The molecule has 0 saturated carbocycles. The third-order valence-electron chi connectivity index (χ3n) is 4.15. The molecule has 0 radical (unpaired) electrons. The van der Waals surface area contributed by atoms with E-state index in [0.29, 0.717) is 23.5 Å². The van der Waals surface area contributed by atoms with E-state index in [9.17, 15) is 15.3 Å². The average Bonchev–Trinajstić information content (AvgIpc) is 3.27. The van der Waals surface area contributed by atoms with E-state index in [2.05, 4.69) is 9.97 Å². The second kappa shape index (κ2) is 6.29. The predicted octanol–water partition coefficient (Wildman–Crippen LogP) is 2.90. The summed E-state index contributed by atoms with van der Waals surface area (Å²) in [6.45, 7) is 0.401. The molecule has 0 spiro atoms. The van der Waals surface area contributed by atoms with Crippen LogP contribution in [0.1, 0.15) is 5.69 Å². The minimum Gasteiger partial charge on any atom is -0.505 e. The first-order valence-electron chi connectivity index (χ1n) is 7.96. The fourth-order valence-electron chi connectivity index (χ4n) is 2.89. The van der Waals surface area contributed by atoms with Crippen molar-refractivity contribution in [1.29, 1.82) is 0 Å². The van der Waals surface area contributed by atoms with Crippen molar-refractivity contribution < 1.29 is 15.3 Å². The molecule has 7 heteroatoms. The van der Waals surface area contributed by atoms with Crippen LogP contribution in [0.25, 0.3) is 16.8 Å². The molecule has 26 heavy (non-hydrogen) atoms. The van der Waals surface area contributed by atoms with Gasteiger partial charge in [-0.25, -0.2) is 4.98 Å². The van der Waals surface area contributed by atoms with E-state index in [0.717, 1.165) is 5.56 Å². The van der Waals surface area contributed by atoms with Crippen molar-refractivity contribution in [2.24, 2.45) is 0 Å². The molecule has 0 aliphatic rings. The number of pyridine rings is 1. The number of rotatable bonds is 4. The van der Waals surface area contributed by atoms with Gasteiger partial charge < -0.3 is 19.9 Å². The standard InChI is InChI=1S/C19H16N4O3/c24-17-4-5-18(25)23(17)14-3-1-2-13(10-14)15-6-7-21-16(19(15)26)11-22-9-8-20-12-22/h1-10,12,24-26H,11H2. The van der Waals surface area contributed by atoms with Crippen molar-refractivity contribution in [3.63, 3.8) is 0 Å². The maximum absolute atomic E-state index is 10.7. The van der Waals surface area contributed by atoms with Crippen LogP contribution in [0, 0.1) is 0 Å². The molecular formula is C19H16N4O3. The molecule has 0 bridgehead atoms. The van der Waals surface area contributed by atoms with Crippen molar-refractivity contribution in [2.75, 3.05) is 0 Å². The molecule has 4 aromatic rings. The SMILES string of the molecule is Oc1c(-c2cccc(-n3c(O)ccc3O)c2)ccnc1Cn1ccnc1. The highest BCUT2D eigenvalue weighted by molar-refractivity contribution is 5.72. The fourth-order valence-corrected chi connectivity index (χ4v) is 2.89. The summed E-state index contributed by atoms with van der Waals surface area (Å²) in [5.41, 5.74) is 2.46. The topological polar surface area (TPSA) is 96.3 Å². The van der Waals surface area contributed by atoms with E-state index in [4.69, 9.17) is 0 Å². The summed E-state index contributed by atoms with van der Waals surface area (Å²) in [5.74, 6) is -0.0573. The maximum atomic E-state index is 10.7. The van der Waals surface area contributed by atoms with Crippen LogP contribution in [-0.2, 0) is 6.54 Å². The highest BCUT2D eigenvalue weighted by atomic mass is 16.3. The van der Waals surface area contributed by atoms with Crippen molar-refractivity contribution in [3.8, 4) is 34.3 Å². The first-order valence-corrected chi connectivity index (χ1v) is 7.96. The van der Waals surface area contributed by atoms with Crippen LogP contribution in [0.2, 0.25) is 0 Å². The van der Waals surface area contributed by atoms with Crippen LogP contribution in [0.5, 0.6) is 17.5 Å². The van der Waals surface area contributed by atoms with E-state index in [-0.39, 0.29) is 17.5 Å². The van der Waals surface area contributed by atoms with Crippen molar-refractivity contribution in [2.45, 2.75) is 6.54 Å². The van der Waals surface area contributed by atoms with Crippen LogP contribution >= 0.6 is 0 Å². The van der Waals surface area contributed by atoms with Gasteiger partial charge in [0.1, 0.15) is 11.4 Å². The smallest absolute Gasteiger partial charge is 0.198 e. The van der Waals surface area contributed by atoms with Gasteiger partial charge in [-0.05, 0) is 23.8 Å². The summed E-state index contributed by atoms with van der Waals surface area (Å²) < 4.78 is 3.13. The molecule has 0 aliphatic heterocycles. The molecule has 7 nitrogen and oxygen atoms in total. The first-order chi connectivity index (χ1) is 12.6. The van der Waals surface area contributed by atoms with Gasteiger partial charge in [0.05, 0.1) is 18.6 Å². The monoisotopic (exact) mass is 348 g/mol. The molecule has 3 heterocycles. The van der Waals surface area contributed by atoms with Crippen LogP contribution in [0.4, 0.5) is 0 Å². The molecule has 1 aromatic carbocycles. The third kappa shape index (κ3) is 2.75. The summed E-state index contributed by atoms with van der Waals surface area (Å²) in [6, 6.07) is 11.7. The van der Waals surface area contributed by atoms with Crippen LogP contribution in [-0.4, -0.2) is 34.4 Å². The van der Waals surface area contributed by atoms with Crippen molar-refractivity contribution >= 4 is 0 Å². The zero-order valence-corrected chi connectivity index (χ0v) is 13.7. The van der Waals surface area contributed by atoms with Gasteiger partial charge in [0.2, 0.25) is 0 Å². The molecule has 0 unspecified atom stereocenters. The number of imidazole rings is 1. The third-order valence-corrected chi connectivity index (χ3v) is 4.15. The zero-order chi connectivity index (χ0) is 18.1. The van der Waals surface area contributed by atoms with Gasteiger partial charge in [0.25, 0.3) is 0 Å². The molecule has 4 rings (SSSR count). The van der Waals surface area contributed by atoms with Crippen LogP contribution < -0.4 is 0 Å². The fraction of sp³-hybridized carbons (Fsp3) is 0.0526. The molecule has 0 fully saturated rings. The number of nitrogens with zero attached hydrogens (tertiary/aromatic N) is 4. The van der Waals surface area contributed by atoms with Crippen molar-refractivity contribution in [3.05, 3.63) is 73.1 Å². The summed E-state index contributed by atoms with van der Waals surface area (Å²) in [6.07, 6.45) is 6.76. The predicted molar refractivity (Wildman–Crippen MR) is 95.3 cm³/mol. The number of benzene rings is 1. The lowest BCUT2D eigenvalue weighted by molar-refractivity contribution is 0.402. The summed E-state index contributed by atoms with van der Waals surface area (Å²) >= 11 is 0. The number of hydrogen-bond acceptors (Lipinski definition) is 5. The maximum Gasteiger partial charge on any atom is 0.198 e. The summed E-state index contributed by atoms with van der Waals surface area (Å²) in [5, 5.41) is 30.5. The number of aromatic nitrogens is 4. The van der Waals surface area contributed by atoms with Gasteiger partial charge in [0, 0.05) is 36.3 Å². The Labute approximate surface area is 149 Å². The van der Waals surface area contributed by atoms with Crippen LogP contribution in [0.15, 0.2) is 67.4 Å². The molecular weight excluding hydrogens is 332 g/mol. The number of aromatic hydroxyl groups is 3. The molecule has 0 atom stereocenters. The highest BCUT2D eigenvalue weighted by Gasteiger charge is 2.13. The lowest BCUT2D eigenvalue weighted by atomic mass is 10.0. The lowest BCUT2D eigenvalue weighted by Crippen LogP contribution is -2.00.